The second kappa shape index (κ2) is 6.06. The summed E-state index contributed by atoms with van der Waals surface area (Å²) in [5.74, 6) is 0.638. The normalized spacial score (nSPS) is 15.1. The predicted octanol–water partition coefficient (Wildman–Crippen LogP) is -0.475. The van der Waals surface area contributed by atoms with Crippen LogP contribution in [0.3, 0.4) is 0 Å². The SMILES string of the molecule is Nc1nc(Sc2nccc(=O)[nH]2)nc(N2CCOCC2)n1. The molecule has 21 heavy (non-hydrogen) atoms. The number of aromatic amines is 1. The summed E-state index contributed by atoms with van der Waals surface area (Å²) < 4.78 is 5.29. The van der Waals surface area contributed by atoms with Gasteiger partial charge in [0.15, 0.2) is 5.16 Å². The summed E-state index contributed by atoms with van der Waals surface area (Å²) in [6, 6.07) is 1.34. The predicted molar refractivity (Wildman–Crippen MR) is 76.3 cm³/mol. The standard InChI is InChI=1S/C11H13N7O2S/c12-8-15-9(18-3-5-20-6-4-18)17-11(16-8)21-10-13-2-1-7(19)14-10/h1-2H,3-6H2,(H,13,14,19)(H2,12,15,16,17). The van der Waals surface area contributed by atoms with Crippen molar-refractivity contribution in [3.63, 3.8) is 0 Å². The Bertz CT molecular complexity index is 686. The van der Waals surface area contributed by atoms with Crippen molar-refractivity contribution in [2.45, 2.75) is 10.3 Å². The van der Waals surface area contributed by atoms with Crippen LogP contribution in [0.4, 0.5) is 11.9 Å². The van der Waals surface area contributed by atoms with Gasteiger partial charge in [-0.2, -0.15) is 15.0 Å². The van der Waals surface area contributed by atoms with Crippen LogP contribution in [-0.2, 0) is 4.74 Å². The molecule has 0 unspecified atom stereocenters. The van der Waals surface area contributed by atoms with Gasteiger partial charge in [0.2, 0.25) is 17.1 Å². The minimum Gasteiger partial charge on any atom is -0.378 e. The highest BCUT2D eigenvalue weighted by Gasteiger charge is 2.16. The summed E-state index contributed by atoms with van der Waals surface area (Å²) in [5, 5.41) is 0.791. The Hall–Kier alpha value is -2.20. The maximum atomic E-state index is 11.3. The fraction of sp³-hybridized carbons (Fsp3) is 0.364. The molecule has 9 nitrogen and oxygen atoms in total. The first kappa shape index (κ1) is 13.8. The fourth-order valence-corrected chi connectivity index (χ4v) is 2.51. The molecule has 0 atom stereocenters. The lowest BCUT2D eigenvalue weighted by atomic mass is 10.4. The molecule has 0 aromatic carbocycles. The van der Waals surface area contributed by atoms with Gasteiger partial charge in [0.25, 0.3) is 5.56 Å². The van der Waals surface area contributed by atoms with Crippen LogP contribution in [0, 0.1) is 0 Å². The van der Waals surface area contributed by atoms with E-state index in [-0.39, 0.29) is 11.5 Å². The minimum absolute atomic E-state index is 0.132. The number of nitrogens with two attached hydrogens (primary N) is 1. The Morgan fingerprint density at radius 1 is 1.29 bits per heavy atom. The zero-order valence-corrected chi connectivity index (χ0v) is 11.8. The lowest BCUT2D eigenvalue weighted by molar-refractivity contribution is 0.122. The van der Waals surface area contributed by atoms with Gasteiger partial charge in [-0.3, -0.25) is 4.79 Å². The highest BCUT2D eigenvalue weighted by molar-refractivity contribution is 7.99. The average Bonchev–Trinajstić information content (AvgIpc) is 2.47. The molecule has 3 N–H and O–H groups in total. The van der Waals surface area contributed by atoms with E-state index in [1.165, 1.54) is 12.3 Å². The third kappa shape index (κ3) is 3.47. The Morgan fingerprint density at radius 3 is 2.86 bits per heavy atom. The molecule has 0 saturated carbocycles. The molecule has 3 rings (SSSR count). The Labute approximate surface area is 124 Å². The number of rotatable bonds is 3. The quantitative estimate of drug-likeness (QED) is 0.724. The highest BCUT2D eigenvalue weighted by atomic mass is 32.2. The first-order valence-electron chi connectivity index (χ1n) is 6.28. The molecular formula is C11H13N7O2S. The van der Waals surface area contributed by atoms with Crippen LogP contribution in [0.25, 0.3) is 0 Å². The molecule has 2 aromatic rings. The second-order valence-electron chi connectivity index (χ2n) is 4.22. The summed E-state index contributed by atoms with van der Waals surface area (Å²) in [7, 11) is 0. The number of nitrogen functional groups attached to an aromatic ring is 1. The number of nitrogens with zero attached hydrogens (tertiary/aromatic N) is 5. The van der Waals surface area contributed by atoms with E-state index < -0.39 is 0 Å². The molecule has 0 spiro atoms. The van der Waals surface area contributed by atoms with E-state index in [9.17, 15) is 4.79 Å². The fourth-order valence-electron chi connectivity index (χ4n) is 1.80. The molecule has 0 bridgehead atoms. The molecule has 0 radical (unpaired) electrons. The number of anilines is 2. The van der Waals surface area contributed by atoms with E-state index in [4.69, 9.17) is 10.5 Å². The number of ether oxygens (including phenoxy) is 1. The zero-order valence-electron chi connectivity index (χ0n) is 11.0. The molecule has 1 saturated heterocycles. The maximum absolute atomic E-state index is 11.3. The third-order valence-electron chi connectivity index (χ3n) is 2.75. The van der Waals surface area contributed by atoms with Crippen LogP contribution in [-0.4, -0.2) is 51.2 Å². The zero-order chi connectivity index (χ0) is 14.7. The van der Waals surface area contributed by atoms with Gasteiger partial charge in [-0.05, 0) is 11.8 Å². The first-order chi connectivity index (χ1) is 10.2. The van der Waals surface area contributed by atoms with Crippen molar-refractivity contribution in [3.05, 3.63) is 22.6 Å². The van der Waals surface area contributed by atoms with Crippen molar-refractivity contribution < 1.29 is 4.74 Å². The van der Waals surface area contributed by atoms with Gasteiger partial charge >= 0.3 is 0 Å². The van der Waals surface area contributed by atoms with Crippen LogP contribution >= 0.6 is 11.8 Å². The number of nitrogens with one attached hydrogen (secondary N) is 1. The van der Waals surface area contributed by atoms with Crippen molar-refractivity contribution >= 4 is 23.7 Å². The van der Waals surface area contributed by atoms with Crippen LogP contribution in [0.15, 0.2) is 27.4 Å². The summed E-state index contributed by atoms with van der Waals surface area (Å²) in [4.78, 5) is 32.4. The Morgan fingerprint density at radius 2 is 2.10 bits per heavy atom. The van der Waals surface area contributed by atoms with Gasteiger partial charge in [0, 0.05) is 25.4 Å². The van der Waals surface area contributed by atoms with Crippen molar-refractivity contribution in [2.24, 2.45) is 0 Å². The lowest BCUT2D eigenvalue weighted by Gasteiger charge is -2.26. The van der Waals surface area contributed by atoms with E-state index >= 15 is 0 Å². The number of hydrogen-bond donors (Lipinski definition) is 2. The van der Waals surface area contributed by atoms with Crippen LogP contribution < -0.4 is 16.2 Å². The second-order valence-corrected chi connectivity index (χ2v) is 5.17. The average molecular weight is 307 g/mol. The number of hydrogen-bond acceptors (Lipinski definition) is 9. The highest BCUT2D eigenvalue weighted by Crippen LogP contribution is 2.22. The van der Waals surface area contributed by atoms with Crippen molar-refractivity contribution in [2.75, 3.05) is 36.9 Å². The molecule has 3 heterocycles. The first-order valence-corrected chi connectivity index (χ1v) is 7.10. The van der Waals surface area contributed by atoms with Gasteiger partial charge in [-0.15, -0.1) is 0 Å². The van der Waals surface area contributed by atoms with E-state index in [1.54, 1.807) is 0 Å². The molecule has 0 amide bonds. The van der Waals surface area contributed by atoms with Crippen molar-refractivity contribution in [1.29, 1.82) is 0 Å². The Balaban J connectivity index is 1.85. The van der Waals surface area contributed by atoms with Gasteiger partial charge in [-0.25, -0.2) is 4.98 Å². The van der Waals surface area contributed by atoms with Crippen LogP contribution in [0.2, 0.25) is 0 Å². The molecule has 1 aliphatic rings. The molecule has 10 heteroatoms. The molecule has 0 aliphatic carbocycles. The molecule has 1 fully saturated rings. The largest absolute Gasteiger partial charge is 0.378 e. The summed E-state index contributed by atoms with van der Waals surface area (Å²) in [6.45, 7) is 2.66. The molecule has 2 aromatic heterocycles. The monoisotopic (exact) mass is 307 g/mol. The smallest absolute Gasteiger partial charge is 0.251 e. The van der Waals surface area contributed by atoms with E-state index in [2.05, 4.69) is 24.9 Å². The number of morpholine rings is 1. The Kier molecular flexibility index (Phi) is 3.97. The van der Waals surface area contributed by atoms with Crippen LogP contribution in [0.1, 0.15) is 0 Å². The third-order valence-corrected chi connectivity index (χ3v) is 3.52. The number of aromatic nitrogens is 5. The summed E-state index contributed by atoms with van der Waals surface area (Å²) in [5.41, 5.74) is 5.49. The van der Waals surface area contributed by atoms with Gasteiger partial charge in [0.05, 0.1) is 13.2 Å². The van der Waals surface area contributed by atoms with Gasteiger partial charge in [-0.1, -0.05) is 0 Å². The number of H-pyrrole nitrogens is 1. The van der Waals surface area contributed by atoms with Gasteiger partial charge in [0.1, 0.15) is 0 Å². The lowest BCUT2D eigenvalue weighted by Crippen LogP contribution is -2.37. The summed E-state index contributed by atoms with van der Waals surface area (Å²) in [6.07, 6.45) is 1.43. The van der Waals surface area contributed by atoms with Crippen molar-refractivity contribution in [1.82, 2.24) is 24.9 Å². The maximum Gasteiger partial charge on any atom is 0.251 e. The van der Waals surface area contributed by atoms with E-state index in [1.807, 2.05) is 4.90 Å². The van der Waals surface area contributed by atoms with Crippen LogP contribution in [0.5, 0.6) is 0 Å². The molecule has 1 aliphatic heterocycles. The molecule has 110 valence electrons. The topological polar surface area (TPSA) is 123 Å². The van der Waals surface area contributed by atoms with Gasteiger partial charge < -0.3 is 20.4 Å². The van der Waals surface area contributed by atoms with E-state index in [0.29, 0.717) is 42.6 Å². The van der Waals surface area contributed by atoms with E-state index in [0.717, 1.165) is 11.8 Å². The minimum atomic E-state index is -0.233. The summed E-state index contributed by atoms with van der Waals surface area (Å²) >= 11 is 1.13. The molecular weight excluding hydrogens is 294 g/mol. The van der Waals surface area contributed by atoms with Crippen molar-refractivity contribution in [3.8, 4) is 0 Å².